The number of amides is 2. The van der Waals surface area contributed by atoms with Crippen LogP contribution in [0.15, 0.2) is 70.5 Å². The maximum absolute atomic E-state index is 13.0. The molecule has 0 atom stereocenters. The molecule has 0 aromatic heterocycles. The number of hydrogen-bond donors (Lipinski definition) is 0. The first-order valence-corrected chi connectivity index (χ1v) is 14.5. The lowest BCUT2D eigenvalue weighted by atomic mass is 10.1. The molecule has 0 radical (unpaired) electrons. The van der Waals surface area contributed by atoms with Crippen LogP contribution in [0.1, 0.15) is 29.2 Å². The Labute approximate surface area is 232 Å². The number of thioether (sulfide) groups is 1. The average Bonchev–Trinajstić information content (AvgIpc) is 3.15. The van der Waals surface area contributed by atoms with Crippen molar-refractivity contribution in [3.8, 4) is 17.2 Å². The molecule has 0 bridgehead atoms. The van der Waals surface area contributed by atoms with Gasteiger partial charge in [0.2, 0.25) is 0 Å². The van der Waals surface area contributed by atoms with Crippen LogP contribution in [0.3, 0.4) is 0 Å². The summed E-state index contributed by atoms with van der Waals surface area (Å²) < 4.78 is 42.3. The second kappa shape index (κ2) is 12.0. The van der Waals surface area contributed by atoms with Crippen molar-refractivity contribution in [3.63, 3.8) is 0 Å². The van der Waals surface area contributed by atoms with E-state index in [2.05, 4.69) is 0 Å². The number of rotatable bonds is 10. The highest BCUT2D eigenvalue weighted by atomic mass is 32.2. The quantitative estimate of drug-likeness (QED) is 0.221. The van der Waals surface area contributed by atoms with E-state index in [1.165, 1.54) is 18.2 Å². The zero-order valence-corrected chi connectivity index (χ0v) is 23.7. The summed E-state index contributed by atoms with van der Waals surface area (Å²) >= 11 is 0.835. The smallest absolute Gasteiger partial charge is 0.339 e. The minimum atomic E-state index is -4.08. The minimum absolute atomic E-state index is 0.0197. The highest BCUT2D eigenvalue weighted by Crippen LogP contribution is 2.35. The van der Waals surface area contributed by atoms with Gasteiger partial charge in [-0.15, -0.1) is 0 Å². The van der Waals surface area contributed by atoms with Gasteiger partial charge in [0.15, 0.2) is 11.5 Å². The standard InChI is InChI=1S/C29H29NO7S2/c1-5-35-26-17-22(10-13-24(26)37-39(33,34)23-11-7-19(2)8-12-23)18-27-28(31)30(29(32)38-27)14-15-36-25-16-20(3)6-9-21(25)4/h6-13,16-18H,5,14-15H2,1-4H3/b27-18-. The third-order valence-corrected chi connectivity index (χ3v) is 8.02. The van der Waals surface area contributed by atoms with Crippen LogP contribution in [-0.4, -0.2) is 44.2 Å². The van der Waals surface area contributed by atoms with Gasteiger partial charge in [-0.25, -0.2) is 0 Å². The largest absolute Gasteiger partial charge is 0.491 e. The summed E-state index contributed by atoms with van der Waals surface area (Å²) in [6, 6.07) is 16.8. The first-order chi connectivity index (χ1) is 18.6. The normalized spacial score (nSPS) is 14.7. The molecule has 3 aromatic rings. The second-order valence-corrected chi connectivity index (χ2v) is 11.5. The van der Waals surface area contributed by atoms with Crippen LogP contribution in [-0.2, 0) is 14.9 Å². The zero-order valence-electron chi connectivity index (χ0n) is 22.1. The number of imide groups is 1. The molecule has 1 fully saturated rings. The van der Waals surface area contributed by atoms with Crippen molar-refractivity contribution in [1.82, 2.24) is 4.90 Å². The fourth-order valence-corrected chi connectivity index (χ4v) is 5.58. The summed E-state index contributed by atoms with van der Waals surface area (Å²) in [5.74, 6) is 0.511. The summed E-state index contributed by atoms with van der Waals surface area (Å²) in [4.78, 5) is 26.9. The topological polar surface area (TPSA) is 99.2 Å². The molecule has 8 nitrogen and oxygen atoms in total. The lowest BCUT2D eigenvalue weighted by Gasteiger charge is -2.14. The molecule has 0 spiro atoms. The molecule has 204 valence electrons. The number of carbonyl (C=O) groups excluding carboxylic acids is 2. The lowest BCUT2D eigenvalue weighted by molar-refractivity contribution is -0.123. The second-order valence-electron chi connectivity index (χ2n) is 8.94. The van der Waals surface area contributed by atoms with Gasteiger partial charge >= 0.3 is 10.1 Å². The first-order valence-electron chi connectivity index (χ1n) is 12.3. The maximum atomic E-state index is 13.0. The highest BCUT2D eigenvalue weighted by molar-refractivity contribution is 8.18. The monoisotopic (exact) mass is 567 g/mol. The molecule has 4 rings (SSSR count). The van der Waals surface area contributed by atoms with Gasteiger partial charge in [0.25, 0.3) is 11.1 Å². The summed E-state index contributed by atoms with van der Waals surface area (Å²) in [7, 11) is -4.08. The van der Waals surface area contributed by atoms with Crippen LogP contribution in [0.4, 0.5) is 4.79 Å². The SMILES string of the molecule is CCOc1cc(/C=C2\SC(=O)N(CCOc3cc(C)ccc3C)C2=O)ccc1OS(=O)(=O)c1ccc(C)cc1. The number of ether oxygens (including phenoxy) is 2. The zero-order chi connectivity index (χ0) is 28.2. The van der Waals surface area contributed by atoms with E-state index in [1.54, 1.807) is 37.3 Å². The van der Waals surface area contributed by atoms with Crippen LogP contribution < -0.4 is 13.7 Å². The van der Waals surface area contributed by atoms with Crippen molar-refractivity contribution in [3.05, 3.63) is 87.8 Å². The molecule has 0 aliphatic carbocycles. The van der Waals surface area contributed by atoms with Gasteiger partial charge < -0.3 is 13.7 Å². The molecule has 1 saturated heterocycles. The highest BCUT2D eigenvalue weighted by Gasteiger charge is 2.35. The van der Waals surface area contributed by atoms with Crippen LogP contribution >= 0.6 is 11.8 Å². The van der Waals surface area contributed by atoms with Gasteiger partial charge in [-0.3, -0.25) is 14.5 Å². The number of aryl methyl sites for hydroxylation is 3. The van der Waals surface area contributed by atoms with E-state index in [0.717, 1.165) is 33.4 Å². The number of nitrogens with zero attached hydrogens (tertiary/aromatic N) is 1. The van der Waals surface area contributed by atoms with E-state index in [4.69, 9.17) is 13.7 Å². The van der Waals surface area contributed by atoms with Crippen molar-refractivity contribution >= 4 is 39.1 Å². The Morgan fingerprint density at radius 2 is 1.56 bits per heavy atom. The van der Waals surface area contributed by atoms with Crippen LogP contribution in [0.25, 0.3) is 6.08 Å². The molecule has 0 N–H and O–H groups in total. The summed E-state index contributed by atoms with van der Waals surface area (Å²) in [6.07, 6.45) is 1.57. The molecule has 1 heterocycles. The van der Waals surface area contributed by atoms with E-state index in [-0.39, 0.29) is 46.3 Å². The van der Waals surface area contributed by atoms with Gasteiger partial charge in [-0.05, 0) is 92.6 Å². The molecule has 0 saturated carbocycles. The van der Waals surface area contributed by atoms with Crippen LogP contribution in [0, 0.1) is 20.8 Å². The Kier molecular flexibility index (Phi) is 8.66. The predicted molar refractivity (Wildman–Crippen MR) is 151 cm³/mol. The molecular formula is C29H29NO7S2. The van der Waals surface area contributed by atoms with Gasteiger partial charge in [-0.1, -0.05) is 35.9 Å². The van der Waals surface area contributed by atoms with E-state index in [0.29, 0.717) is 11.3 Å². The molecule has 10 heteroatoms. The van der Waals surface area contributed by atoms with Gasteiger partial charge in [0.05, 0.1) is 18.1 Å². The third kappa shape index (κ3) is 6.82. The van der Waals surface area contributed by atoms with E-state index in [1.807, 2.05) is 39.0 Å². The number of benzene rings is 3. The van der Waals surface area contributed by atoms with E-state index >= 15 is 0 Å². The third-order valence-electron chi connectivity index (χ3n) is 5.86. The Hall–Kier alpha value is -3.76. The Bertz CT molecular complexity index is 1530. The van der Waals surface area contributed by atoms with Crippen molar-refractivity contribution in [2.75, 3.05) is 19.8 Å². The fourth-order valence-electron chi connectivity index (χ4n) is 3.78. The first kappa shape index (κ1) is 28.3. The summed E-state index contributed by atoms with van der Waals surface area (Å²) in [6.45, 7) is 8.07. The van der Waals surface area contributed by atoms with Gasteiger partial charge in [0.1, 0.15) is 17.3 Å². The lowest BCUT2D eigenvalue weighted by Crippen LogP contribution is -2.32. The van der Waals surface area contributed by atoms with Crippen molar-refractivity contribution in [2.24, 2.45) is 0 Å². The van der Waals surface area contributed by atoms with Crippen molar-refractivity contribution in [1.29, 1.82) is 0 Å². The van der Waals surface area contributed by atoms with Crippen molar-refractivity contribution in [2.45, 2.75) is 32.6 Å². The van der Waals surface area contributed by atoms with Crippen molar-refractivity contribution < 1.29 is 31.7 Å². The molecule has 2 amide bonds. The minimum Gasteiger partial charge on any atom is -0.491 e. The Morgan fingerprint density at radius 3 is 2.28 bits per heavy atom. The maximum Gasteiger partial charge on any atom is 0.339 e. The van der Waals surface area contributed by atoms with E-state index in [9.17, 15) is 18.0 Å². The van der Waals surface area contributed by atoms with Crippen LogP contribution in [0.5, 0.6) is 17.2 Å². The van der Waals surface area contributed by atoms with Gasteiger partial charge in [-0.2, -0.15) is 8.42 Å². The summed E-state index contributed by atoms with van der Waals surface area (Å²) in [5.41, 5.74) is 3.50. The Morgan fingerprint density at radius 1 is 0.846 bits per heavy atom. The average molecular weight is 568 g/mol. The number of hydrogen-bond acceptors (Lipinski definition) is 8. The van der Waals surface area contributed by atoms with E-state index < -0.39 is 16.0 Å². The molecule has 0 unspecified atom stereocenters. The van der Waals surface area contributed by atoms with Crippen LogP contribution in [0.2, 0.25) is 0 Å². The molecular weight excluding hydrogens is 538 g/mol. The summed E-state index contributed by atoms with van der Waals surface area (Å²) in [5, 5.41) is -0.384. The van der Waals surface area contributed by atoms with Gasteiger partial charge in [0, 0.05) is 0 Å². The molecule has 3 aromatic carbocycles. The predicted octanol–water partition coefficient (Wildman–Crippen LogP) is 5.89. The Balaban J connectivity index is 1.48. The number of carbonyl (C=O) groups is 2. The molecule has 39 heavy (non-hydrogen) atoms. The fraction of sp³-hybridized carbons (Fsp3) is 0.241. The molecule has 1 aliphatic heterocycles. The molecule has 1 aliphatic rings.